The quantitative estimate of drug-likeness (QED) is 0.254. The Labute approximate surface area is 181 Å². The highest BCUT2D eigenvalue weighted by molar-refractivity contribution is 5.81. The maximum Gasteiger partial charge on any atom is 0.311 e. The van der Waals surface area contributed by atoms with Crippen LogP contribution in [0.2, 0.25) is 0 Å². The third-order valence-electron chi connectivity index (χ3n) is 5.47. The molecular weight excluding hydrogens is 382 g/mol. The third kappa shape index (κ3) is 8.84. The number of rotatable bonds is 15. The molecule has 0 aliphatic rings. The highest BCUT2D eigenvalue weighted by Crippen LogP contribution is 2.39. The smallest absolute Gasteiger partial charge is 0.311 e. The van der Waals surface area contributed by atoms with Gasteiger partial charge in [-0.1, -0.05) is 57.5 Å². The first-order valence-electron chi connectivity index (χ1n) is 11.1. The molecule has 1 amide bonds. The Morgan fingerprint density at radius 3 is 2.43 bits per heavy atom. The van der Waals surface area contributed by atoms with Gasteiger partial charge in [-0.05, 0) is 44.1 Å². The van der Waals surface area contributed by atoms with E-state index in [-0.39, 0.29) is 43.7 Å². The summed E-state index contributed by atoms with van der Waals surface area (Å²) in [7, 11) is 0. The number of carbonyl (C=O) groups excluding carboxylic acids is 2. The number of amides is 1. The van der Waals surface area contributed by atoms with Crippen molar-refractivity contribution in [2.24, 2.45) is 11.3 Å². The minimum absolute atomic E-state index is 0.0393. The van der Waals surface area contributed by atoms with Crippen molar-refractivity contribution in [3.8, 4) is 0 Å². The summed E-state index contributed by atoms with van der Waals surface area (Å²) in [6.45, 7) is 8.40. The highest BCUT2D eigenvalue weighted by Gasteiger charge is 2.39. The van der Waals surface area contributed by atoms with E-state index in [1.54, 1.807) is 0 Å². The van der Waals surface area contributed by atoms with Gasteiger partial charge in [0.15, 0.2) is 0 Å². The molecule has 6 heteroatoms. The lowest BCUT2D eigenvalue weighted by Gasteiger charge is -2.33. The number of nitrogens with one attached hydrogen (secondary N) is 1. The van der Waals surface area contributed by atoms with E-state index in [0.29, 0.717) is 19.4 Å². The second kappa shape index (κ2) is 14.1. The molecule has 1 aromatic rings. The zero-order valence-electron chi connectivity index (χ0n) is 19.0. The monoisotopic (exact) mass is 421 g/mol. The normalized spacial score (nSPS) is 15.1. The van der Waals surface area contributed by atoms with E-state index in [9.17, 15) is 9.59 Å². The summed E-state index contributed by atoms with van der Waals surface area (Å²) in [5.41, 5.74) is 0.327. The van der Waals surface area contributed by atoms with Gasteiger partial charge in [0, 0.05) is 12.5 Å². The van der Waals surface area contributed by atoms with Crippen molar-refractivity contribution in [2.45, 2.75) is 65.7 Å². The number of ether oxygens (including phenoxy) is 2. The summed E-state index contributed by atoms with van der Waals surface area (Å²) in [5, 5.41) is 11.9. The van der Waals surface area contributed by atoms with Crippen LogP contribution in [0.5, 0.6) is 0 Å². The number of aliphatic hydroxyl groups is 1. The second-order valence-corrected chi connectivity index (χ2v) is 8.19. The van der Waals surface area contributed by atoms with Gasteiger partial charge in [-0.2, -0.15) is 0 Å². The molecule has 2 N–H and O–H groups in total. The lowest BCUT2D eigenvalue weighted by Crippen LogP contribution is -2.39. The number of hydrogen-bond donors (Lipinski definition) is 2. The van der Waals surface area contributed by atoms with Crippen molar-refractivity contribution in [1.29, 1.82) is 0 Å². The van der Waals surface area contributed by atoms with Crippen molar-refractivity contribution < 1.29 is 24.2 Å². The first-order valence-corrected chi connectivity index (χ1v) is 11.1. The van der Waals surface area contributed by atoms with Crippen LogP contribution in [-0.4, -0.2) is 43.5 Å². The van der Waals surface area contributed by atoms with Crippen molar-refractivity contribution in [3.63, 3.8) is 0 Å². The minimum Gasteiger partial charge on any atom is -0.463 e. The van der Waals surface area contributed by atoms with Gasteiger partial charge in [0.1, 0.15) is 13.3 Å². The molecule has 1 rings (SSSR count). The van der Waals surface area contributed by atoms with Crippen LogP contribution in [0, 0.1) is 11.3 Å². The van der Waals surface area contributed by atoms with Crippen LogP contribution < -0.4 is 5.32 Å². The summed E-state index contributed by atoms with van der Waals surface area (Å²) in [6, 6.07) is 10.1. The van der Waals surface area contributed by atoms with E-state index >= 15 is 0 Å². The zero-order valence-corrected chi connectivity index (χ0v) is 19.0. The minimum atomic E-state index is -0.842. The zero-order chi connectivity index (χ0) is 22.4. The lowest BCUT2D eigenvalue weighted by molar-refractivity contribution is -0.158. The molecule has 0 aromatic heterocycles. The Hall–Kier alpha value is -1.92. The van der Waals surface area contributed by atoms with Crippen LogP contribution in [0.4, 0.5) is 0 Å². The Balaban J connectivity index is 2.85. The number of hydrogen-bond acceptors (Lipinski definition) is 5. The molecule has 0 saturated carbocycles. The predicted octanol–water partition coefficient (Wildman–Crippen LogP) is 4.03. The number of esters is 1. The van der Waals surface area contributed by atoms with Crippen LogP contribution in [0.15, 0.2) is 30.3 Å². The maximum atomic E-state index is 12.9. The van der Waals surface area contributed by atoms with Gasteiger partial charge in [-0.3, -0.25) is 9.59 Å². The first-order chi connectivity index (χ1) is 14.4. The van der Waals surface area contributed by atoms with Crippen molar-refractivity contribution in [1.82, 2.24) is 5.32 Å². The van der Waals surface area contributed by atoms with Crippen molar-refractivity contribution in [3.05, 3.63) is 35.9 Å². The van der Waals surface area contributed by atoms with Gasteiger partial charge in [-0.25, -0.2) is 0 Å². The standard InChI is InChI=1S/C24H39NO5/c1-5-7-14-29-18-25-22(27)19(3)16-24(4,23(28)30-15-13-26)17-20(6-2)21-11-9-8-10-12-21/h8-12,19-20,26H,5-7,13-18H2,1-4H3,(H,25,27). The fourth-order valence-corrected chi connectivity index (χ4v) is 3.71. The Morgan fingerprint density at radius 1 is 1.13 bits per heavy atom. The molecule has 0 heterocycles. The Bertz CT molecular complexity index is 621. The molecule has 6 nitrogen and oxygen atoms in total. The van der Waals surface area contributed by atoms with E-state index in [1.165, 1.54) is 5.56 Å². The lowest BCUT2D eigenvalue weighted by atomic mass is 9.72. The van der Waals surface area contributed by atoms with E-state index in [2.05, 4.69) is 31.3 Å². The van der Waals surface area contributed by atoms with E-state index in [1.807, 2.05) is 32.0 Å². The number of benzene rings is 1. The molecule has 3 atom stereocenters. The average Bonchev–Trinajstić information content (AvgIpc) is 2.75. The molecular formula is C24H39NO5. The Morgan fingerprint density at radius 2 is 1.83 bits per heavy atom. The van der Waals surface area contributed by atoms with Gasteiger partial charge < -0.3 is 19.9 Å². The molecule has 3 unspecified atom stereocenters. The molecule has 0 aliphatic carbocycles. The summed E-state index contributed by atoms with van der Waals surface area (Å²) in [6.07, 6.45) is 3.80. The van der Waals surface area contributed by atoms with Crippen molar-refractivity contribution >= 4 is 11.9 Å². The fraction of sp³-hybridized carbons (Fsp3) is 0.667. The number of unbranched alkanes of at least 4 members (excludes halogenated alkanes) is 1. The van der Waals surface area contributed by atoms with Crippen molar-refractivity contribution in [2.75, 3.05) is 26.6 Å². The number of carbonyl (C=O) groups is 2. The largest absolute Gasteiger partial charge is 0.463 e. The molecule has 170 valence electrons. The fourth-order valence-electron chi connectivity index (χ4n) is 3.71. The molecule has 0 radical (unpaired) electrons. The molecule has 0 aliphatic heterocycles. The molecule has 30 heavy (non-hydrogen) atoms. The van der Waals surface area contributed by atoms with Crippen LogP contribution >= 0.6 is 0 Å². The van der Waals surface area contributed by atoms with Crippen LogP contribution in [0.1, 0.15) is 71.3 Å². The molecule has 0 spiro atoms. The van der Waals surface area contributed by atoms with Crippen LogP contribution in [-0.2, 0) is 19.1 Å². The van der Waals surface area contributed by atoms with Gasteiger partial charge in [0.2, 0.25) is 5.91 Å². The summed E-state index contributed by atoms with van der Waals surface area (Å²) in [4.78, 5) is 25.4. The number of aliphatic hydroxyl groups excluding tert-OH is 1. The van der Waals surface area contributed by atoms with E-state index < -0.39 is 5.41 Å². The Kier molecular flexibility index (Phi) is 12.3. The summed E-state index contributed by atoms with van der Waals surface area (Å²) in [5.74, 6) is -0.713. The van der Waals surface area contributed by atoms with Gasteiger partial charge in [0.25, 0.3) is 0 Å². The SMILES string of the molecule is CCCCOCNC(=O)C(C)CC(C)(CC(CC)c1ccccc1)C(=O)OCCO. The van der Waals surface area contributed by atoms with E-state index in [4.69, 9.17) is 14.6 Å². The molecule has 0 saturated heterocycles. The molecule has 1 aromatic carbocycles. The van der Waals surface area contributed by atoms with Gasteiger partial charge in [-0.15, -0.1) is 0 Å². The highest BCUT2D eigenvalue weighted by atomic mass is 16.5. The molecule has 0 bridgehead atoms. The van der Waals surface area contributed by atoms with Crippen LogP contribution in [0.3, 0.4) is 0 Å². The second-order valence-electron chi connectivity index (χ2n) is 8.19. The van der Waals surface area contributed by atoms with Gasteiger partial charge in [0.05, 0.1) is 12.0 Å². The maximum absolute atomic E-state index is 12.9. The molecule has 0 fully saturated rings. The third-order valence-corrected chi connectivity index (χ3v) is 5.47. The topological polar surface area (TPSA) is 84.9 Å². The summed E-state index contributed by atoms with van der Waals surface area (Å²) < 4.78 is 10.7. The average molecular weight is 422 g/mol. The first kappa shape index (κ1) is 26.1. The summed E-state index contributed by atoms with van der Waals surface area (Å²) >= 11 is 0. The van der Waals surface area contributed by atoms with Gasteiger partial charge >= 0.3 is 5.97 Å². The predicted molar refractivity (Wildman–Crippen MR) is 118 cm³/mol. The van der Waals surface area contributed by atoms with E-state index in [0.717, 1.165) is 19.3 Å². The van der Waals surface area contributed by atoms with Crippen LogP contribution in [0.25, 0.3) is 0 Å².